The first kappa shape index (κ1) is 10.4. The normalized spacial score (nSPS) is 12.3. The Balaban J connectivity index is 2.44. The van der Waals surface area contributed by atoms with Crippen LogP contribution in [0.15, 0.2) is 11.4 Å². The molecule has 3 rings (SSSR count). The standard InChI is InChI=1S/C13H10O3S/c1-6-11-7-2-3-17-10(7)4-8(11)9(5-14)13(16)12(6)15/h2-3,5,15-16H,4H2,1H3. The highest BCUT2D eigenvalue weighted by atomic mass is 32.1. The van der Waals surface area contributed by atoms with Crippen LogP contribution in [0.25, 0.3) is 11.1 Å². The Hall–Kier alpha value is -1.81. The van der Waals surface area contributed by atoms with Gasteiger partial charge in [0.1, 0.15) is 0 Å². The Bertz CT molecular complexity index is 641. The number of thiophene rings is 1. The van der Waals surface area contributed by atoms with Crippen LogP contribution in [0.2, 0.25) is 0 Å². The molecule has 0 spiro atoms. The maximum atomic E-state index is 11.1. The van der Waals surface area contributed by atoms with Gasteiger partial charge in [-0.2, -0.15) is 0 Å². The lowest BCUT2D eigenvalue weighted by Gasteiger charge is -2.12. The van der Waals surface area contributed by atoms with Gasteiger partial charge in [-0.3, -0.25) is 4.79 Å². The first-order chi connectivity index (χ1) is 8.15. The Morgan fingerprint density at radius 3 is 2.82 bits per heavy atom. The number of benzene rings is 1. The molecule has 1 aliphatic carbocycles. The fraction of sp³-hybridized carbons (Fsp3) is 0.154. The van der Waals surface area contributed by atoms with E-state index in [4.69, 9.17) is 0 Å². The molecule has 4 heteroatoms. The van der Waals surface area contributed by atoms with Crippen LogP contribution in [-0.2, 0) is 6.42 Å². The van der Waals surface area contributed by atoms with Crippen LogP contribution in [0.5, 0.6) is 11.5 Å². The number of carbonyl (C=O) groups is 1. The fourth-order valence-corrected chi connectivity index (χ4v) is 3.36. The molecule has 2 N–H and O–H groups in total. The quantitative estimate of drug-likeness (QED) is 0.512. The molecular weight excluding hydrogens is 236 g/mol. The number of aromatic hydroxyl groups is 2. The van der Waals surface area contributed by atoms with E-state index in [1.165, 1.54) is 4.88 Å². The summed E-state index contributed by atoms with van der Waals surface area (Å²) >= 11 is 1.63. The molecule has 0 saturated heterocycles. The van der Waals surface area contributed by atoms with Gasteiger partial charge in [0.15, 0.2) is 17.8 Å². The van der Waals surface area contributed by atoms with Gasteiger partial charge in [0.25, 0.3) is 0 Å². The van der Waals surface area contributed by atoms with E-state index >= 15 is 0 Å². The monoisotopic (exact) mass is 246 g/mol. The van der Waals surface area contributed by atoms with Crippen molar-refractivity contribution in [3.63, 3.8) is 0 Å². The maximum Gasteiger partial charge on any atom is 0.168 e. The topological polar surface area (TPSA) is 57.5 Å². The van der Waals surface area contributed by atoms with Crippen LogP contribution in [0.4, 0.5) is 0 Å². The van der Waals surface area contributed by atoms with Crippen molar-refractivity contribution in [2.75, 3.05) is 0 Å². The summed E-state index contributed by atoms with van der Waals surface area (Å²) in [5.41, 5.74) is 3.65. The number of aldehydes is 1. The highest BCUT2D eigenvalue weighted by Gasteiger charge is 2.28. The minimum absolute atomic E-state index is 0.190. The molecular formula is C13H10O3S. The molecule has 0 aliphatic heterocycles. The van der Waals surface area contributed by atoms with Gasteiger partial charge in [0.05, 0.1) is 5.56 Å². The van der Waals surface area contributed by atoms with Crippen molar-refractivity contribution in [1.29, 1.82) is 0 Å². The van der Waals surface area contributed by atoms with Crippen molar-refractivity contribution in [3.8, 4) is 22.6 Å². The smallest absolute Gasteiger partial charge is 0.168 e. The molecule has 0 radical (unpaired) electrons. The SMILES string of the molecule is Cc1c(O)c(O)c(C=O)c2c1-c1ccsc1C2. The third kappa shape index (κ3) is 1.18. The zero-order valence-electron chi connectivity index (χ0n) is 9.15. The zero-order valence-corrected chi connectivity index (χ0v) is 9.97. The van der Waals surface area contributed by atoms with Crippen LogP contribution in [0.3, 0.4) is 0 Å². The molecule has 1 aliphatic rings. The molecule has 0 atom stereocenters. The molecule has 2 aromatic rings. The Labute approximate surface area is 102 Å². The van der Waals surface area contributed by atoms with E-state index in [9.17, 15) is 15.0 Å². The van der Waals surface area contributed by atoms with E-state index in [-0.39, 0.29) is 17.1 Å². The van der Waals surface area contributed by atoms with Crippen molar-refractivity contribution in [3.05, 3.63) is 33.0 Å². The predicted octanol–water partition coefficient (Wildman–Crippen LogP) is 2.85. The van der Waals surface area contributed by atoms with Gasteiger partial charge >= 0.3 is 0 Å². The number of hydrogen-bond donors (Lipinski definition) is 2. The molecule has 0 bridgehead atoms. The molecule has 1 heterocycles. The van der Waals surface area contributed by atoms with Crippen LogP contribution in [0, 0.1) is 6.92 Å². The van der Waals surface area contributed by atoms with Crippen molar-refractivity contribution >= 4 is 17.6 Å². The molecule has 0 fully saturated rings. The third-order valence-corrected chi connectivity index (χ3v) is 4.23. The van der Waals surface area contributed by atoms with E-state index in [1.807, 2.05) is 11.4 Å². The Morgan fingerprint density at radius 1 is 1.35 bits per heavy atom. The van der Waals surface area contributed by atoms with Gasteiger partial charge in [-0.05, 0) is 35.1 Å². The van der Waals surface area contributed by atoms with Crippen molar-refractivity contribution in [2.45, 2.75) is 13.3 Å². The van der Waals surface area contributed by atoms with Crippen molar-refractivity contribution in [1.82, 2.24) is 0 Å². The second-order valence-electron chi connectivity index (χ2n) is 4.14. The Morgan fingerprint density at radius 2 is 2.12 bits per heavy atom. The summed E-state index contributed by atoms with van der Waals surface area (Å²) in [6.07, 6.45) is 1.27. The summed E-state index contributed by atoms with van der Waals surface area (Å²) in [6.45, 7) is 1.76. The molecule has 0 amide bonds. The number of rotatable bonds is 1. The average Bonchev–Trinajstić information content (AvgIpc) is 2.86. The van der Waals surface area contributed by atoms with Crippen LogP contribution in [0.1, 0.15) is 26.4 Å². The van der Waals surface area contributed by atoms with Gasteiger partial charge in [0.2, 0.25) is 0 Å². The van der Waals surface area contributed by atoms with Gasteiger partial charge in [0, 0.05) is 16.9 Å². The molecule has 1 aromatic carbocycles. The second kappa shape index (κ2) is 3.34. The predicted molar refractivity (Wildman–Crippen MR) is 66.0 cm³/mol. The Kier molecular flexibility index (Phi) is 2.03. The number of phenolic OH excluding ortho intramolecular Hbond substituents is 2. The van der Waals surface area contributed by atoms with Gasteiger partial charge in [-0.15, -0.1) is 11.3 Å². The summed E-state index contributed by atoms with van der Waals surface area (Å²) in [4.78, 5) is 12.2. The molecule has 0 saturated carbocycles. The minimum atomic E-state index is -0.300. The second-order valence-corrected chi connectivity index (χ2v) is 5.14. The highest BCUT2D eigenvalue weighted by molar-refractivity contribution is 7.10. The van der Waals surface area contributed by atoms with Gasteiger partial charge < -0.3 is 10.2 Å². The zero-order chi connectivity index (χ0) is 12.2. The summed E-state index contributed by atoms with van der Waals surface area (Å²) in [5.74, 6) is -0.490. The summed E-state index contributed by atoms with van der Waals surface area (Å²) in [6, 6.07) is 1.99. The van der Waals surface area contributed by atoms with Crippen molar-refractivity contribution < 1.29 is 15.0 Å². The third-order valence-electron chi connectivity index (χ3n) is 3.31. The largest absolute Gasteiger partial charge is 0.504 e. The summed E-state index contributed by atoms with van der Waals surface area (Å²) in [5, 5.41) is 21.6. The summed E-state index contributed by atoms with van der Waals surface area (Å²) in [7, 11) is 0. The van der Waals surface area contributed by atoms with Gasteiger partial charge in [-0.1, -0.05) is 0 Å². The number of fused-ring (bicyclic) bond motifs is 3. The first-order valence-corrected chi connectivity index (χ1v) is 6.12. The number of hydrogen-bond acceptors (Lipinski definition) is 4. The number of carbonyl (C=O) groups excluding carboxylic acids is 1. The highest BCUT2D eigenvalue weighted by Crippen LogP contribution is 2.49. The van der Waals surface area contributed by atoms with Crippen LogP contribution < -0.4 is 0 Å². The molecule has 3 nitrogen and oxygen atoms in total. The molecule has 1 aromatic heterocycles. The van der Waals surface area contributed by atoms with Gasteiger partial charge in [-0.25, -0.2) is 0 Å². The van der Waals surface area contributed by atoms with E-state index in [1.54, 1.807) is 18.3 Å². The fourth-order valence-electron chi connectivity index (χ4n) is 2.46. The molecule has 17 heavy (non-hydrogen) atoms. The van der Waals surface area contributed by atoms with E-state index in [0.29, 0.717) is 18.3 Å². The lowest BCUT2D eigenvalue weighted by molar-refractivity contribution is 0.111. The van der Waals surface area contributed by atoms with E-state index in [0.717, 1.165) is 16.7 Å². The number of phenols is 2. The lowest BCUT2D eigenvalue weighted by atomic mass is 9.95. The first-order valence-electron chi connectivity index (χ1n) is 5.24. The minimum Gasteiger partial charge on any atom is -0.504 e. The van der Waals surface area contributed by atoms with Crippen LogP contribution >= 0.6 is 11.3 Å². The van der Waals surface area contributed by atoms with Crippen molar-refractivity contribution in [2.24, 2.45) is 0 Å². The van der Waals surface area contributed by atoms with E-state index < -0.39 is 0 Å². The van der Waals surface area contributed by atoms with Crippen LogP contribution in [-0.4, -0.2) is 16.5 Å². The maximum absolute atomic E-state index is 11.1. The average molecular weight is 246 g/mol. The molecule has 86 valence electrons. The molecule has 0 unspecified atom stereocenters. The lowest BCUT2D eigenvalue weighted by Crippen LogP contribution is -1.95. The van der Waals surface area contributed by atoms with E-state index in [2.05, 4.69) is 0 Å². The summed E-state index contributed by atoms with van der Waals surface area (Å²) < 4.78 is 0.